The average Bonchev–Trinajstić information content (AvgIpc) is 2.06. The summed E-state index contributed by atoms with van der Waals surface area (Å²) in [5, 5.41) is -0.570. The molecule has 1 heterocycles. The maximum atomic E-state index is 11.4. The molecule has 5 heteroatoms. The van der Waals surface area contributed by atoms with Crippen molar-refractivity contribution in [3.05, 3.63) is 18.5 Å². The summed E-state index contributed by atoms with van der Waals surface area (Å²) in [5.41, 5.74) is 0. The monoisotopic (exact) mass is 186 g/mol. The molecule has 0 atom stereocenters. The summed E-state index contributed by atoms with van der Waals surface area (Å²) in [6.07, 6.45) is 2.84. The van der Waals surface area contributed by atoms with Gasteiger partial charge < -0.3 is 0 Å². The summed E-state index contributed by atoms with van der Waals surface area (Å²) in [4.78, 5) is 7.35. The zero-order chi connectivity index (χ0) is 9.19. The highest BCUT2D eigenvalue weighted by atomic mass is 32.2. The lowest BCUT2D eigenvalue weighted by atomic mass is 10.6. The molecule has 0 saturated carbocycles. The van der Waals surface area contributed by atoms with E-state index in [2.05, 4.69) is 9.97 Å². The molecular weight excluding hydrogens is 176 g/mol. The predicted octanol–water partition coefficient (Wildman–Crippen LogP) is 0.659. The summed E-state index contributed by atoms with van der Waals surface area (Å²) >= 11 is 0. The minimum absolute atomic E-state index is 0.0972. The van der Waals surface area contributed by atoms with Crippen molar-refractivity contribution in [3.8, 4) is 0 Å². The van der Waals surface area contributed by atoms with Crippen LogP contribution in [-0.4, -0.2) is 23.6 Å². The van der Waals surface area contributed by atoms with Gasteiger partial charge in [-0.3, -0.25) is 0 Å². The highest BCUT2D eigenvalue weighted by Crippen LogP contribution is 2.08. The molecule has 0 saturated heterocycles. The second-order valence-electron chi connectivity index (χ2n) is 2.63. The summed E-state index contributed by atoms with van der Waals surface area (Å²) in [5.74, 6) is 0. The average molecular weight is 186 g/mol. The van der Waals surface area contributed by atoms with Gasteiger partial charge in [-0.2, -0.15) is 0 Å². The van der Waals surface area contributed by atoms with Crippen molar-refractivity contribution in [1.29, 1.82) is 0 Å². The van der Waals surface area contributed by atoms with E-state index in [1.54, 1.807) is 19.9 Å². The molecule has 0 N–H and O–H groups in total. The van der Waals surface area contributed by atoms with Gasteiger partial charge in [0.25, 0.3) is 0 Å². The first kappa shape index (κ1) is 9.12. The molecule has 1 aromatic heterocycles. The standard InChI is InChI=1S/C7H10N2O2S/c1-6(2)12(10,11)7-8-4-3-5-9-7/h3-6H,1-2H3. The van der Waals surface area contributed by atoms with E-state index in [9.17, 15) is 8.42 Å². The number of sulfone groups is 1. The summed E-state index contributed by atoms with van der Waals surface area (Å²) in [7, 11) is -3.30. The minimum Gasteiger partial charge on any atom is -0.227 e. The van der Waals surface area contributed by atoms with Crippen LogP contribution in [0.5, 0.6) is 0 Å². The summed E-state index contributed by atoms with van der Waals surface area (Å²) in [6, 6.07) is 1.58. The maximum Gasteiger partial charge on any atom is 0.247 e. The Morgan fingerprint density at radius 2 is 1.75 bits per heavy atom. The van der Waals surface area contributed by atoms with Gasteiger partial charge in [-0.15, -0.1) is 0 Å². The lowest BCUT2D eigenvalue weighted by Gasteiger charge is -2.03. The van der Waals surface area contributed by atoms with E-state index < -0.39 is 15.1 Å². The fraction of sp³-hybridized carbons (Fsp3) is 0.429. The number of aromatic nitrogens is 2. The van der Waals surface area contributed by atoms with Crippen LogP contribution in [0.2, 0.25) is 0 Å². The summed E-state index contributed by atoms with van der Waals surface area (Å²) in [6.45, 7) is 3.21. The SMILES string of the molecule is CC(C)S(=O)(=O)c1ncccn1. The number of hydrogen-bond acceptors (Lipinski definition) is 4. The Balaban J connectivity index is 3.17. The maximum absolute atomic E-state index is 11.4. The Hall–Kier alpha value is -0.970. The Morgan fingerprint density at radius 3 is 2.17 bits per heavy atom. The first-order chi connectivity index (χ1) is 5.55. The van der Waals surface area contributed by atoms with Gasteiger partial charge in [0.1, 0.15) is 0 Å². The van der Waals surface area contributed by atoms with Gasteiger partial charge in [0.2, 0.25) is 15.0 Å². The van der Waals surface area contributed by atoms with E-state index in [1.807, 2.05) is 0 Å². The van der Waals surface area contributed by atoms with Crippen LogP contribution in [-0.2, 0) is 9.84 Å². The smallest absolute Gasteiger partial charge is 0.227 e. The van der Waals surface area contributed by atoms with Crippen molar-refractivity contribution in [3.63, 3.8) is 0 Å². The molecule has 0 aromatic carbocycles. The van der Waals surface area contributed by atoms with E-state index in [0.29, 0.717) is 0 Å². The first-order valence-electron chi connectivity index (χ1n) is 3.56. The van der Waals surface area contributed by atoms with Crippen molar-refractivity contribution < 1.29 is 8.42 Å². The van der Waals surface area contributed by atoms with Crippen LogP contribution in [0.25, 0.3) is 0 Å². The lowest BCUT2D eigenvalue weighted by Crippen LogP contribution is -2.16. The van der Waals surface area contributed by atoms with Crippen LogP contribution in [0.4, 0.5) is 0 Å². The van der Waals surface area contributed by atoms with Gasteiger partial charge in [0.15, 0.2) is 0 Å². The molecule has 1 aromatic rings. The second-order valence-corrected chi connectivity index (χ2v) is 5.02. The van der Waals surface area contributed by atoms with Crippen molar-refractivity contribution in [2.45, 2.75) is 24.3 Å². The van der Waals surface area contributed by atoms with Gasteiger partial charge in [-0.1, -0.05) is 0 Å². The molecule has 0 fully saturated rings. The predicted molar refractivity (Wildman–Crippen MR) is 44.4 cm³/mol. The molecule has 0 bridgehead atoms. The van der Waals surface area contributed by atoms with E-state index >= 15 is 0 Å². The van der Waals surface area contributed by atoms with Crippen molar-refractivity contribution in [1.82, 2.24) is 9.97 Å². The van der Waals surface area contributed by atoms with Crippen molar-refractivity contribution >= 4 is 9.84 Å². The van der Waals surface area contributed by atoms with Crippen LogP contribution in [0.1, 0.15) is 13.8 Å². The summed E-state index contributed by atoms with van der Waals surface area (Å²) < 4.78 is 22.8. The van der Waals surface area contributed by atoms with E-state index in [-0.39, 0.29) is 5.16 Å². The number of hydrogen-bond donors (Lipinski definition) is 0. The lowest BCUT2D eigenvalue weighted by molar-refractivity contribution is 0.578. The third-order valence-corrected chi connectivity index (χ3v) is 3.38. The Labute approximate surface area is 71.6 Å². The molecule has 0 aliphatic heterocycles. The highest BCUT2D eigenvalue weighted by Gasteiger charge is 2.21. The molecule has 0 radical (unpaired) electrons. The zero-order valence-electron chi connectivity index (χ0n) is 6.93. The van der Waals surface area contributed by atoms with Crippen molar-refractivity contribution in [2.24, 2.45) is 0 Å². The van der Waals surface area contributed by atoms with Gasteiger partial charge in [-0.05, 0) is 19.9 Å². The molecule has 0 aliphatic carbocycles. The van der Waals surface area contributed by atoms with Crippen LogP contribution < -0.4 is 0 Å². The van der Waals surface area contributed by atoms with Crippen LogP contribution in [0.15, 0.2) is 23.6 Å². The van der Waals surface area contributed by atoms with Gasteiger partial charge in [-0.25, -0.2) is 18.4 Å². The molecule has 0 aliphatic rings. The quantitative estimate of drug-likeness (QED) is 0.636. The zero-order valence-corrected chi connectivity index (χ0v) is 7.75. The third-order valence-electron chi connectivity index (χ3n) is 1.42. The molecule has 0 unspecified atom stereocenters. The normalized spacial score (nSPS) is 11.9. The molecule has 66 valence electrons. The van der Waals surface area contributed by atoms with Crippen LogP contribution in [0.3, 0.4) is 0 Å². The van der Waals surface area contributed by atoms with E-state index in [4.69, 9.17) is 0 Å². The van der Waals surface area contributed by atoms with Gasteiger partial charge in [0.05, 0.1) is 5.25 Å². The third kappa shape index (κ3) is 1.61. The van der Waals surface area contributed by atoms with Gasteiger partial charge >= 0.3 is 0 Å². The minimum atomic E-state index is -3.30. The molecule has 0 amide bonds. The van der Waals surface area contributed by atoms with Crippen molar-refractivity contribution in [2.75, 3.05) is 0 Å². The Bertz CT molecular complexity index is 345. The fourth-order valence-corrected chi connectivity index (χ4v) is 1.48. The van der Waals surface area contributed by atoms with E-state index in [1.165, 1.54) is 12.4 Å². The van der Waals surface area contributed by atoms with Crippen LogP contribution in [0, 0.1) is 0 Å². The fourth-order valence-electron chi connectivity index (χ4n) is 0.643. The molecule has 1 rings (SSSR count). The number of rotatable bonds is 2. The molecule has 0 spiro atoms. The first-order valence-corrected chi connectivity index (χ1v) is 5.10. The largest absolute Gasteiger partial charge is 0.247 e. The van der Waals surface area contributed by atoms with Crippen LogP contribution >= 0.6 is 0 Å². The van der Waals surface area contributed by atoms with E-state index in [0.717, 1.165) is 0 Å². The number of nitrogens with zero attached hydrogens (tertiary/aromatic N) is 2. The molecule has 12 heavy (non-hydrogen) atoms. The molecular formula is C7H10N2O2S. The van der Waals surface area contributed by atoms with Gasteiger partial charge in [0, 0.05) is 12.4 Å². The topological polar surface area (TPSA) is 59.9 Å². The Kier molecular flexibility index (Phi) is 2.42. The highest BCUT2D eigenvalue weighted by molar-refractivity contribution is 7.91. The Morgan fingerprint density at radius 1 is 1.25 bits per heavy atom. The second kappa shape index (κ2) is 3.18. The molecule has 4 nitrogen and oxygen atoms in total.